The van der Waals surface area contributed by atoms with E-state index in [-0.39, 0.29) is 0 Å². The molecule has 3 aromatic rings. The first kappa shape index (κ1) is 18.6. The molecule has 0 amide bonds. The molecule has 0 unspecified atom stereocenters. The minimum atomic E-state index is 0.863. The van der Waals surface area contributed by atoms with Gasteiger partial charge in [0, 0.05) is 17.0 Å². The number of rotatable bonds is 1. The number of nitrogens with zero attached hydrogens (tertiary/aromatic N) is 2. The van der Waals surface area contributed by atoms with Gasteiger partial charge in [0.05, 0.1) is 0 Å². The molecule has 0 atom stereocenters. The minimum absolute atomic E-state index is 0.863. The number of benzene rings is 2. The zero-order valence-electron chi connectivity index (χ0n) is 17.9. The van der Waals surface area contributed by atoms with Crippen molar-refractivity contribution >= 4 is 10.8 Å². The van der Waals surface area contributed by atoms with E-state index in [0.717, 1.165) is 17.2 Å². The van der Waals surface area contributed by atoms with Crippen LogP contribution in [0.1, 0.15) is 55.9 Å². The van der Waals surface area contributed by atoms with Crippen molar-refractivity contribution in [3.8, 4) is 11.4 Å². The third-order valence-electron chi connectivity index (χ3n) is 6.67. The van der Waals surface area contributed by atoms with Crippen LogP contribution >= 0.6 is 0 Å². The summed E-state index contributed by atoms with van der Waals surface area (Å²) in [6, 6.07) is 0. The predicted octanol–water partition coefficient (Wildman–Crippen LogP) is 6.38. The quantitative estimate of drug-likeness (QED) is 0.511. The third-order valence-corrected chi connectivity index (χ3v) is 6.67. The highest BCUT2D eigenvalue weighted by molar-refractivity contribution is 6.04. The van der Waals surface area contributed by atoms with Crippen molar-refractivity contribution in [2.24, 2.45) is 0 Å². The average molecular weight is 347 g/mol. The molecule has 136 valence electrons. The first-order valence-corrected chi connectivity index (χ1v) is 9.39. The normalized spacial score (nSPS) is 11.5. The van der Waals surface area contributed by atoms with E-state index in [9.17, 15) is 0 Å². The largest absolute Gasteiger partial charge is 0.233 e. The summed E-state index contributed by atoms with van der Waals surface area (Å²) in [4.78, 5) is 9.79. The molecule has 0 bridgehead atoms. The topological polar surface area (TPSA) is 25.8 Å². The Kier molecular flexibility index (Phi) is 4.42. The molecule has 0 saturated carbocycles. The van der Waals surface area contributed by atoms with Crippen LogP contribution in [-0.2, 0) is 0 Å². The summed E-state index contributed by atoms with van der Waals surface area (Å²) in [5.74, 6) is 0.863. The number of aromatic nitrogens is 2. The predicted molar refractivity (Wildman–Crippen MR) is 112 cm³/mol. The highest BCUT2D eigenvalue weighted by Gasteiger charge is 2.21. The van der Waals surface area contributed by atoms with Gasteiger partial charge in [-0.05, 0) is 125 Å². The lowest BCUT2D eigenvalue weighted by Gasteiger charge is -2.23. The van der Waals surface area contributed by atoms with Gasteiger partial charge in [0.25, 0.3) is 0 Å². The second-order valence-electron chi connectivity index (χ2n) is 7.84. The second kappa shape index (κ2) is 6.19. The van der Waals surface area contributed by atoms with Gasteiger partial charge in [-0.1, -0.05) is 0 Å². The molecule has 0 aliphatic carbocycles. The van der Waals surface area contributed by atoms with Crippen molar-refractivity contribution in [2.45, 2.75) is 69.2 Å². The Hall–Kier alpha value is -2.22. The van der Waals surface area contributed by atoms with Crippen LogP contribution in [0.5, 0.6) is 0 Å². The first-order chi connectivity index (χ1) is 12.1. The number of hydrogen-bond donors (Lipinski definition) is 0. The highest BCUT2D eigenvalue weighted by atomic mass is 14.9. The molecule has 2 aromatic carbocycles. The standard InChI is InChI=1S/C24H30N2/c1-11-12(2)16(6)22-21(14(11)4)15(5)13(3)17(7)23(22)24-25-19(9)18(8)20(10)26-24/h1-10H3. The lowest BCUT2D eigenvalue weighted by atomic mass is 9.83. The maximum atomic E-state index is 4.90. The summed E-state index contributed by atoms with van der Waals surface area (Å²) in [6.45, 7) is 21.9. The van der Waals surface area contributed by atoms with Crippen LogP contribution in [-0.4, -0.2) is 9.97 Å². The molecule has 2 heteroatoms. The molecule has 0 aliphatic rings. The molecule has 0 radical (unpaired) electrons. The molecule has 1 aromatic heterocycles. The Balaban J connectivity index is 2.63. The minimum Gasteiger partial charge on any atom is -0.233 e. The zero-order chi connectivity index (χ0) is 19.5. The summed E-state index contributed by atoms with van der Waals surface area (Å²) in [5.41, 5.74) is 14.0. The monoisotopic (exact) mass is 346 g/mol. The fourth-order valence-electron chi connectivity index (χ4n) is 4.10. The van der Waals surface area contributed by atoms with Gasteiger partial charge in [0.1, 0.15) is 0 Å². The van der Waals surface area contributed by atoms with Gasteiger partial charge in [0.2, 0.25) is 0 Å². The van der Waals surface area contributed by atoms with Crippen molar-refractivity contribution < 1.29 is 0 Å². The Labute approximate surface area is 157 Å². The zero-order valence-corrected chi connectivity index (χ0v) is 17.9. The van der Waals surface area contributed by atoms with E-state index >= 15 is 0 Å². The van der Waals surface area contributed by atoms with Gasteiger partial charge in [-0.2, -0.15) is 0 Å². The van der Waals surface area contributed by atoms with Crippen molar-refractivity contribution in [2.75, 3.05) is 0 Å². The van der Waals surface area contributed by atoms with E-state index < -0.39 is 0 Å². The summed E-state index contributed by atoms with van der Waals surface area (Å²) < 4.78 is 0. The maximum Gasteiger partial charge on any atom is 0.160 e. The summed E-state index contributed by atoms with van der Waals surface area (Å²) in [5, 5.41) is 2.71. The molecule has 0 saturated heterocycles. The Morgan fingerprint density at radius 3 is 1.23 bits per heavy atom. The molecule has 0 aliphatic heterocycles. The van der Waals surface area contributed by atoms with Crippen LogP contribution in [0.3, 0.4) is 0 Å². The van der Waals surface area contributed by atoms with Crippen LogP contribution in [0.4, 0.5) is 0 Å². The second-order valence-corrected chi connectivity index (χ2v) is 7.84. The van der Waals surface area contributed by atoms with Crippen molar-refractivity contribution in [1.82, 2.24) is 9.97 Å². The van der Waals surface area contributed by atoms with Crippen molar-refractivity contribution in [3.63, 3.8) is 0 Å². The van der Waals surface area contributed by atoms with E-state index in [1.54, 1.807) is 0 Å². The first-order valence-electron chi connectivity index (χ1n) is 9.39. The Morgan fingerprint density at radius 2 is 0.769 bits per heavy atom. The van der Waals surface area contributed by atoms with Crippen molar-refractivity contribution in [1.29, 1.82) is 0 Å². The van der Waals surface area contributed by atoms with Crippen LogP contribution < -0.4 is 0 Å². The van der Waals surface area contributed by atoms with Crippen molar-refractivity contribution in [3.05, 3.63) is 55.9 Å². The van der Waals surface area contributed by atoms with Gasteiger partial charge in [-0.25, -0.2) is 9.97 Å². The summed E-state index contributed by atoms with van der Waals surface area (Å²) in [6.07, 6.45) is 0. The van der Waals surface area contributed by atoms with Crippen LogP contribution in [0.25, 0.3) is 22.2 Å². The van der Waals surface area contributed by atoms with Gasteiger partial charge >= 0.3 is 0 Å². The van der Waals surface area contributed by atoms with Gasteiger partial charge < -0.3 is 0 Å². The molecular weight excluding hydrogens is 316 g/mol. The SMILES string of the molecule is Cc1nc(-c2c(C)c(C)c(C)c3c(C)c(C)c(C)c(C)c23)nc(C)c1C. The highest BCUT2D eigenvalue weighted by Crippen LogP contribution is 2.41. The third kappa shape index (κ3) is 2.46. The molecule has 0 fully saturated rings. The molecular formula is C24H30N2. The lowest BCUT2D eigenvalue weighted by molar-refractivity contribution is 1.02. The van der Waals surface area contributed by atoms with E-state index in [1.165, 1.54) is 60.8 Å². The van der Waals surface area contributed by atoms with Gasteiger partial charge in [0.15, 0.2) is 5.82 Å². The van der Waals surface area contributed by atoms with E-state index in [4.69, 9.17) is 9.97 Å². The summed E-state index contributed by atoms with van der Waals surface area (Å²) in [7, 11) is 0. The Bertz CT molecular complexity index is 1040. The molecule has 0 N–H and O–H groups in total. The van der Waals surface area contributed by atoms with Crippen LogP contribution in [0, 0.1) is 69.2 Å². The lowest BCUT2D eigenvalue weighted by Crippen LogP contribution is -2.05. The molecule has 2 nitrogen and oxygen atoms in total. The van der Waals surface area contributed by atoms with E-state index in [1.807, 2.05) is 0 Å². The molecule has 1 heterocycles. The van der Waals surface area contributed by atoms with Crippen LogP contribution in [0.2, 0.25) is 0 Å². The fourth-order valence-corrected chi connectivity index (χ4v) is 4.10. The van der Waals surface area contributed by atoms with E-state index in [2.05, 4.69) is 69.2 Å². The molecule has 3 rings (SSSR count). The average Bonchev–Trinajstić information content (AvgIpc) is 2.60. The molecule has 26 heavy (non-hydrogen) atoms. The summed E-state index contributed by atoms with van der Waals surface area (Å²) >= 11 is 0. The fraction of sp³-hybridized carbons (Fsp3) is 0.417. The smallest absolute Gasteiger partial charge is 0.160 e. The van der Waals surface area contributed by atoms with Gasteiger partial charge in [-0.3, -0.25) is 0 Å². The van der Waals surface area contributed by atoms with Gasteiger partial charge in [-0.15, -0.1) is 0 Å². The maximum absolute atomic E-state index is 4.90. The number of fused-ring (bicyclic) bond motifs is 1. The number of aryl methyl sites for hydroxylation is 5. The molecule has 0 spiro atoms. The Morgan fingerprint density at radius 1 is 0.385 bits per heavy atom. The van der Waals surface area contributed by atoms with Crippen LogP contribution in [0.15, 0.2) is 0 Å². The van der Waals surface area contributed by atoms with E-state index in [0.29, 0.717) is 0 Å². The number of hydrogen-bond acceptors (Lipinski definition) is 2.